The first-order chi connectivity index (χ1) is 13.1. The third-order valence-electron chi connectivity index (χ3n) is 4.05. The number of piperazine rings is 1. The van der Waals surface area contributed by atoms with Crippen LogP contribution in [0.4, 0.5) is 20.8 Å². The van der Waals surface area contributed by atoms with Gasteiger partial charge < -0.3 is 19.9 Å². The SMILES string of the molecule is CCOC(=O)N1CCN(c2nccc(C(=O)Nc3cccc(F)c3)n2)CC1. The molecule has 0 radical (unpaired) electrons. The van der Waals surface area contributed by atoms with Gasteiger partial charge in [-0.2, -0.15) is 0 Å². The monoisotopic (exact) mass is 373 g/mol. The maximum Gasteiger partial charge on any atom is 0.409 e. The second-order valence-corrected chi connectivity index (χ2v) is 5.88. The molecular formula is C18H20FN5O3. The van der Waals surface area contributed by atoms with E-state index < -0.39 is 11.7 Å². The minimum atomic E-state index is -0.450. The first-order valence-corrected chi connectivity index (χ1v) is 8.63. The van der Waals surface area contributed by atoms with Crippen LogP contribution < -0.4 is 10.2 Å². The molecule has 3 rings (SSSR count). The number of benzene rings is 1. The van der Waals surface area contributed by atoms with E-state index in [1.165, 1.54) is 30.5 Å². The van der Waals surface area contributed by atoms with Gasteiger partial charge in [-0.1, -0.05) is 6.07 Å². The zero-order valence-corrected chi connectivity index (χ0v) is 14.9. The summed E-state index contributed by atoms with van der Waals surface area (Å²) in [6.45, 7) is 4.15. The first-order valence-electron chi connectivity index (χ1n) is 8.63. The van der Waals surface area contributed by atoms with Gasteiger partial charge >= 0.3 is 6.09 Å². The number of hydrogen-bond donors (Lipinski definition) is 1. The number of carbonyl (C=O) groups excluding carboxylic acids is 2. The van der Waals surface area contributed by atoms with Crippen LogP contribution in [0.2, 0.25) is 0 Å². The molecule has 1 aliphatic heterocycles. The van der Waals surface area contributed by atoms with Crippen molar-refractivity contribution < 1.29 is 18.7 Å². The molecule has 2 aromatic rings. The lowest BCUT2D eigenvalue weighted by Gasteiger charge is -2.34. The third-order valence-corrected chi connectivity index (χ3v) is 4.05. The van der Waals surface area contributed by atoms with E-state index in [1.54, 1.807) is 17.9 Å². The van der Waals surface area contributed by atoms with E-state index in [-0.39, 0.29) is 11.8 Å². The maximum absolute atomic E-state index is 13.2. The number of nitrogens with zero attached hydrogens (tertiary/aromatic N) is 4. The smallest absolute Gasteiger partial charge is 0.409 e. The molecule has 8 nitrogen and oxygen atoms in total. The van der Waals surface area contributed by atoms with Gasteiger partial charge in [-0.15, -0.1) is 0 Å². The molecule has 0 spiro atoms. The van der Waals surface area contributed by atoms with E-state index in [0.29, 0.717) is 44.4 Å². The quantitative estimate of drug-likeness (QED) is 0.884. The van der Waals surface area contributed by atoms with Crippen LogP contribution in [-0.4, -0.2) is 59.7 Å². The zero-order chi connectivity index (χ0) is 19.2. The van der Waals surface area contributed by atoms with Crippen molar-refractivity contribution in [3.63, 3.8) is 0 Å². The first kappa shape index (κ1) is 18.6. The van der Waals surface area contributed by atoms with Crippen molar-refractivity contribution >= 4 is 23.6 Å². The van der Waals surface area contributed by atoms with E-state index in [1.807, 2.05) is 4.90 Å². The molecule has 1 aromatic heterocycles. The average molecular weight is 373 g/mol. The Hall–Kier alpha value is -3.23. The number of hydrogen-bond acceptors (Lipinski definition) is 6. The summed E-state index contributed by atoms with van der Waals surface area (Å²) in [5.41, 5.74) is 0.528. The highest BCUT2D eigenvalue weighted by Crippen LogP contribution is 2.14. The number of ether oxygens (including phenoxy) is 1. The molecule has 2 heterocycles. The second-order valence-electron chi connectivity index (χ2n) is 5.88. The number of aromatic nitrogens is 2. The predicted octanol–water partition coefficient (Wildman–Crippen LogP) is 2.15. The van der Waals surface area contributed by atoms with E-state index >= 15 is 0 Å². The largest absolute Gasteiger partial charge is 0.450 e. The fraction of sp³-hybridized carbons (Fsp3) is 0.333. The second kappa shape index (κ2) is 8.43. The van der Waals surface area contributed by atoms with Gasteiger partial charge in [0.05, 0.1) is 6.61 Å². The van der Waals surface area contributed by atoms with Crippen LogP contribution in [0.3, 0.4) is 0 Å². The summed E-state index contributed by atoms with van der Waals surface area (Å²) >= 11 is 0. The Balaban J connectivity index is 1.64. The zero-order valence-electron chi connectivity index (χ0n) is 14.9. The molecule has 2 amide bonds. The Morgan fingerprint density at radius 2 is 2.00 bits per heavy atom. The summed E-state index contributed by atoms with van der Waals surface area (Å²) in [5.74, 6) is -0.476. The van der Waals surface area contributed by atoms with Crippen LogP contribution in [-0.2, 0) is 4.74 Å². The number of amides is 2. The molecule has 9 heteroatoms. The van der Waals surface area contributed by atoms with Crippen LogP contribution in [0.5, 0.6) is 0 Å². The normalized spacial score (nSPS) is 14.0. The van der Waals surface area contributed by atoms with Crippen molar-refractivity contribution in [3.05, 3.63) is 48.0 Å². The van der Waals surface area contributed by atoms with E-state index in [4.69, 9.17) is 4.74 Å². The molecule has 27 heavy (non-hydrogen) atoms. The van der Waals surface area contributed by atoms with Crippen LogP contribution in [0.1, 0.15) is 17.4 Å². The number of rotatable bonds is 4. The Bertz CT molecular complexity index is 824. The van der Waals surface area contributed by atoms with Crippen LogP contribution in [0, 0.1) is 5.82 Å². The minimum Gasteiger partial charge on any atom is -0.450 e. The summed E-state index contributed by atoms with van der Waals surface area (Å²) in [6.07, 6.45) is 1.17. The summed E-state index contributed by atoms with van der Waals surface area (Å²) in [7, 11) is 0. The summed E-state index contributed by atoms with van der Waals surface area (Å²) in [5, 5.41) is 2.61. The van der Waals surface area contributed by atoms with Crippen molar-refractivity contribution in [2.75, 3.05) is 43.0 Å². The standard InChI is InChI=1S/C18H20FN5O3/c1-2-27-18(26)24-10-8-23(9-11-24)17-20-7-6-15(22-17)16(25)21-14-5-3-4-13(19)12-14/h3-7,12H,2,8-11H2,1H3,(H,21,25). The lowest BCUT2D eigenvalue weighted by Crippen LogP contribution is -2.49. The molecule has 0 saturated carbocycles. The summed E-state index contributed by atoms with van der Waals surface area (Å²) < 4.78 is 18.2. The van der Waals surface area contributed by atoms with Crippen molar-refractivity contribution in [3.8, 4) is 0 Å². The fourth-order valence-electron chi connectivity index (χ4n) is 2.69. The summed E-state index contributed by atoms with van der Waals surface area (Å²) in [4.78, 5) is 36.1. The molecule has 1 aromatic carbocycles. The van der Waals surface area contributed by atoms with Gasteiger partial charge in [0.1, 0.15) is 11.5 Å². The third kappa shape index (κ3) is 4.69. The van der Waals surface area contributed by atoms with Gasteiger partial charge in [0.2, 0.25) is 5.95 Å². The molecule has 0 aliphatic carbocycles. The van der Waals surface area contributed by atoms with E-state index in [9.17, 15) is 14.0 Å². The van der Waals surface area contributed by atoms with Gasteiger partial charge in [-0.05, 0) is 31.2 Å². The molecule has 1 fully saturated rings. The summed E-state index contributed by atoms with van der Waals surface area (Å²) in [6, 6.07) is 7.13. The van der Waals surface area contributed by atoms with Gasteiger partial charge in [0.25, 0.3) is 5.91 Å². The number of halogens is 1. The van der Waals surface area contributed by atoms with Crippen molar-refractivity contribution in [1.29, 1.82) is 0 Å². The van der Waals surface area contributed by atoms with Gasteiger partial charge in [-0.3, -0.25) is 4.79 Å². The van der Waals surface area contributed by atoms with Crippen LogP contribution in [0.15, 0.2) is 36.5 Å². The average Bonchev–Trinajstić information content (AvgIpc) is 2.68. The lowest BCUT2D eigenvalue weighted by atomic mass is 10.3. The Morgan fingerprint density at radius 3 is 2.70 bits per heavy atom. The topological polar surface area (TPSA) is 87.7 Å². The Kier molecular flexibility index (Phi) is 5.80. The lowest BCUT2D eigenvalue weighted by molar-refractivity contribution is 0.102. The van der Waals surface area contributed by atoms with Gasteiger partial charge in [0.15, 0.2) is 0 Å². The molecule has 1 N–H and O–H groups in total. The van der Waals surface area contributed by atoms with E-state index in [0.717, 1.165) is 0 Å². The van der Waals surface area contributed by atoms with Crippen LogP contribution in [0.25, 0.3) is 0 Å². The van der Waals surface area contributed by atoms with Gasteiger partial charge in [-0.25, -0.2) is 19.2 Å². The number of carbonyl (C=O) groups is 2. The number of nitrogens with one attached hydrogen (secondary N) is 1. The number of anilines is 2. The van der Waals surface area contributed by atoms with Crippen molar-refractivity contribution in [2.24, 2.45) is 0 Å². The Labute approximate surface area is 156 Å². The van der Waals surface area contributed by atoms with Crippen LogP contribution >= 0.6 is 0 Å². The molecule has 0 atom stereocenters. The van der Waals surface area contributed by atoms with Gasteiger partial charge in [0, 0.05) is 38.1 Å². The minimum absolute atomic E-state index is 0.178. The Morgan fingerprint density at radius 1 is 1.22 bits per heavy atom. The highest BCUT2D eigenvalue weighted by molar-refractivity contribution is 6.02. The highest BCUT2D eigenvalue weighted by Gasteiger charge is 2.23. The fourth-order valence-corrected chi connectivity index (χ4v) is 2.69. The maximum atomic E-state index is 13.2. The molecule has 0 unspecified atom stereocenters. The molecule has 1 saturated heterocycles. The molecule has 0 bridgehead atoms. The van der Waals surface area contributed by atoms with Crippen molar-refractivity contribution in [2.45, 2.75) is 6.92 Å². The van der Waals surface area contributed by atoms with E-state index in [2.05, 4.69) is 15.3 Å². The highest BCUT2D eigenvalue weighted by atomic mass is 19.1. The molecule has 142 valence electrons. The molecular weight excluding hydrogens is 353 g/mol. The predicted molar refractivity (Wildman–Crippen MR) is 97.2 cm³/mol. The van der Waals surface area contributed by atoms with Crippen molar-refractivity contribution in [1.82, 2.24) is 14.9 Å². The molecule has 1 aliphatic rings.